The van der Waals surface area contributed by atoms with Crippen molar-refractivity contribution in [2.24, 2.45) is 0 Å². The number of piperidine rings is 1. The fraction of sp³-hybridized carbons (Fsp3) is 0.333. The predicted octanol–water partition coefficient (Wildman–Crippen LogP) is 5.65. The lowest BCUT2D eigenvalue weighted by Gasteiger charge is -2.43. The molecule has 0 bridgehead atoms. The number of halogens is 3. The first-order chi connectivity index (χ1) is 13.8. The Kier molecular flexibility index (Phi) is 6.93. The molecule has 1 aliphatic rings. The van der Waals surface area contributed by atoms with Gasteiger partial charge in [0.05, 0.1) is 10.0 Å². The van der Waals surface area contributed by atoms with E-state index in [0.717, 1.165) is 5.56 Å². The molecule has 2 aromatic rings. The first-order valence-corrected chi connectivity index (χ1v) is 10.4. The van der Waals surface area contributed by atoms with E-state index in [1.54, 1.807) is 41.3 Å². The Bertz CT molecular complexity index is 905. The van der Waals surface area contributed by atoms with Gasteiger partial charge in [-0.25, -0.2) is 4.79 Å². The molecule has 1 N–H and O–H groups in total. The van der Waals surface area contributed by atoms with Gasteiger partial charge >= 0.3 is 6.09 Å². The van der Waals surface area contributed by atoms with Gasteiger partial charge < -0.3 is 14.9 Å². The van der Waals surface area contributed by atoms with Crippen LogP contribution in [0.3, 0.4) is 0 Å². The zero-order valence-corrected chi connectivity index (χ0v) is 18.1. The second-order valence-corrected chi connectivity index (χ2v) is 8.21. The van der Waals surface area contributed by atoms with Crippen molar-refractivity contribution in [3.8, 4) is 0 Å². The number of nitrogens with zero attached hydrogens (tertiary/aromatic N) is 2. The van der Waals surface area contributed by atoms with E-state index in [4.69, 9.17) is 34.8 Å². The Balaban J connectivity index is 1.96. The van der Waals surface area contributed by atoms with Crippen LogP contribution in [0.15, 0.2) is 42.5 Å². The lowest BCUT2D eigenvalue weighted by molar-refractivity contribution is 0.0533. The molecule has 2 amide bonds. The molecule has 0 spiro atoms. The van der Waals surface area contributed by atoms with Crippen LogP contribution in [0.25, 0.3) is 0 Å². The highest BCUT2D eigenvalue weighted by molar-refractivity contribution is 6.42. The quantitative estimate of drug-likeness (QED) is 0.648. The second-order valence-electron chi connectivity index (χ2n) is 6.96. The number of carboxylic acid groups (broad SMARTS) is 1. The maximum Gasteiger partial charge on any atom is 0.407 e. The monoisotopic (exact) mass is 454 g/mol. The van der Waals surface area contributed by atoms with Crippen molar-refractivity contribution in [3.63, 3.8) is 0 Å². The summed E-state index contributed by atoms with van der Waals surface area (Å²) >= 11 is 18.2. The van der Waals surface area contributed by atoms with Gasteiger partial charge in [0.2, 0.25) is 0 Å². The Morgan fingerprint density at radius 2 is 1.79 bits per heavy atom. The van der Waals surface area contributed by atoms with Crippen molar-refractivity contribution in [1.82, 2.24) is 9.80 Å². The third kappa shape index (κ3) is 4.80. The van der Waals surface area contributed by atoms with Crippen LogP contribution in [-0.4, -0.2) is 52.6 Å². The highest BCUT2D eigenvalue weighted by Gasteiger charge is 2.37. The minimum Gasteiger partial charge on any atom is -0.465 e. The third-order valence-electron chi connectivity index (χ3n) is 5.31. The van der Waals surface area contributed by atoms with Crippen LogP contribution >= 0.6 is 34.8 Å². The summed E-state index contributed by atoms with van der Waals surface area (Å²) in [4.78, 5) is 28.0. The number of likely N-dealkylation sites (N-methyl/N-ethyl adjacent to an activating group) is 1. The van der Waals surface area contributed by atoms with Crippen molar-refractivity contribution < 1.29 is 14.7 Å². The Morgan fingerprint density at radius 1 is 1.10 bits per heavy atom. The summed E-state index contributed by atoms with van der Waals surface area (Å²) in [5, 5.41) is 10.9. The van der Waals surface area contributed by atoms with E-state index in [2.05, 4.69) is 0 Å². The van der Waals surface area contributed by atoms with Crippen molar-refractivity contribution in [2.75, 3.05) is 19.6 Å². The molecule has 1 saturated heterocycles. The molecule has 29 heavy (non-hydrogen) atoms. The fourth-order valence-electron chi connectivity index (χ4n) is 3.84. The molecule has 5 nitrogen and oxygen atoms in total. The maximum atomic E-state index is 13.2. The van der Waals surface area contributed by atoms with E-state index >= 15 is 0 Å². The molecule has 8 heteroatoms. The fourth-order valence-corrected chi connectivity index (χ4v) is 4.28. The summed E-state index contributed by atoms with van der Waals surface area (Å²) in [5.41, 5.74) is 1.41. The normalized spacial score (nSPS) is 19.1. The van der Waals surface area contributed by atoms with Crippen molar-refractivity contribution in [1.29, 1.82) is 0 Å². The number of likely N-dealkylation sites (tertiary alicyclic amines) is 1. The molecule has 0 saturated carbocycles. The van der Waals surface area contributed by atoms with E-state index in [0.29, 0.717) is 40.1 Å². The van der Waals surface area contributed by atoms with E-state index in [1.165, 1.54) is 4.90 Å². The van der Waals surface area contributed by atoms with Gasteiger partial charge in [-0.05, 0) is 55.3 Å². The highest BCUT2D eigenvalue weighted by atomic mass is 35.5. The first-order valence-electron chi connectivity index (χ1n) is 9.31. The van der Waals surface area contributed by atoms with Crippen molar-refractivity contribution in [2.45, 2.75) is 25.3 Å². The molecule has 0 unspecified atom stereocenters. The number of carbonyl (C=O) groups excluding carboxylic acids is 1. The first kappa shape index (κ1) is 21.8. The minimum absolute atomic E-state index is 0.108. The average Bonchev–Trinajstić information content (AvgIpc) is 2.71. The summed E-state index contributed by atoms with van der Waals surface area (Å²) in [6.45, 7) is 3.06. The predicted molar refractivity (Wildman–Crippen MR) is 115 cm³/mol. The van der Waals surface area contributed by atoms with Crippen LogP contribution in [0.4, 0.5) is 4.79 Å². The zero-order chi connectivity index (χ0) is 21.1. The number of carbonyl (C=O) groups is 2. The molecule has 2 aromatic carbocycles. The topological polar surface area (TPSA) is 60.9 Å². The van der Waals surface area contributed by atoms with Gasteiger partial charge in [0.1, 0.15) is 0 Å². The van der Waals surface area contributed by atoms with Crippen LogP contribution in [0, 0.1) is 0 Å². The SMILES string of the molecule is CCN(C(=O)c1ccc(Cl)cc1)[C@@H]1CCN(C(=O)O)C[C@H]1c1ccc(Cl)c(Cl)c1. The molecule has 0 aromatic heterocycles. The minimum atomic E-state index is -0.972. The largest absolute Gasteiger partial charge is 0.465 e. The lowest BCUT2D eigenvalue weighted by Crippen LogP contribution is -2.52. The summed E-state index contributed by atoms with van der Waals surface area (Å²) in [7, 11) is 0. The van der Waals surface area contributed by atoms with E-state index in [9.17, 15) is 14.7 Å². The lowest BCUT2D eigenvalue weighted by atomic mass is 9.84. The Morgan fingerprint density at radius 3 is 2.38 bits per heavy atom. The number of amides is 2. The standard InChI is InChI=1S/C21H21Cl3N2O3/c1-2-26(20(27)13-3-6-15(22)7-4-13)19-9-10-25(21(28)29)12-16(19)14-5-8-17(23)18(24)11-14/h3-8,11,16,19H,2,9-10,12H2,1H3,(H,28,29)/t16-,19+/m0/s1. The molecular weight excluding hydrogens is 435 g/mol. The van der Waals surface area contributed by atoms with Crippen LogP contribution < -0.4 is 0 Å². The molecule has 2 atom stereocenters. The van der Waals surface area contributed by atoms with Crippen LogP contribution in [-0.2, 0) is 0 Å². The van der Waals surface area contributed by atoms with Crippen LogP contribution in [0.1, 0.15) is 35.2 Å². The molecule has 0 radical (unpaired) electrons. The Labute approximate surface area is 184 Å². The zero-order valence-electron chi connectivity index (χ0n) is 15.8. The summed E-state index contributed by atoms with van der Waals surface area (Å²) in [6.07, 6.45) is -0.440. The maximum absolute atomic E-state index is 13.2. The van der Waals surface area contributed by atoms with Gasteiger partial charge in [0.15, 0.2) is 0 Å². The smallest absolute Gasteiger partial charge is 0.407 e. The van der Waals surface area contributed by atoms with Gasteiger partial charge in [-0.2, -0.15) is 0 Å². The summed E-state index contributed by atoms with van der Waals surface area (Å²) in [5.74, 6) is -0.325. The van der Waals surface area contributed by atoms with Crippen molar-refractivity contribution >= 4 is 46.8 Å². The second kappa shape index (κ2) is 9.24. The molecule has 0 aliphatic carbocycles. The van der Waals surface area contributed by atoms with E-state index < -0.39 is 6.09 Å². The summed E-state index contributed by atoms with van der Waals surface area (Å²) < 4.78 is 0. The molecule has 1 heterocycles. The number of benzene rings is 2. The Hall–Kier alpha value is -1.95. The summed E-state index contributed by atoms with van der Waals surface area (Å²) in [6, 6.07) is 11.9. The highest BCUT2D eigenvalue weighted by Crippen LogP contribution is 2.35. The number of rotatable bonds is 4. The van der Waals surface area contributed by atoms with Crippen LogP contribution in [0.5, 0.6) is 0 Å². The third-order valence-corrected chi connectivity index (χ3v) is 6.30. The van der Waals surface area contributed by atoms with E-state index in [-0.39, 0.29) is 24.4 Å². The van der Waals surface area contributed by atoms with Crippen molar-refractivity contribution in [3.05, 3.63) is 68.7 Å². The van der Waals surface area contributed by atoms with Gasteiger partial charge in [-0.1, -0.05) is 40.9 Å². The van der Waals surface area contributed by atoms with E-state index in [1.807, 2.05) is 13.0 Å². The number of hydrogen-bond donors (Lipinski definition) is 1. The molecular formula is C21H21Cl3N2O3. The van der Waals surface area contributed by atoms with Gasteiger partial charge in [-0.3, -0.25) is 4.79 Å². The number of hydrogen-bond acceptors (Lipinski definition) is 2. The molecule has 1 aliphatic heterocycles. The van der Waals surface area contributed by atoms with Gasteiger partial charge in [0.25, 0.3) is 5.91 Å². The molecule has 1 fully saturated rings. The molecule has 154 valence electrons. The average molecular weight is 456 g/mol. The van der Waals surface area contributed by atoms with Crippen LogP contribution in [0.2, 0.25) is 15.1 Å². The molecule has 3 rings (SSSR count). The van der Waals surface area contributed by atoms with Gasteiger partial charge in [-0.15, -0.1) is 0 Å². The van der Waals surface area contributed by atoms with Gasteiger partial charge in [0, 0.05) is 42.2 Å².